The van der Waals surface area contributed by atoms with Gasteiger partial charge >= 0.3 is 5.97 Å². The Morgan fingerprint density at radius 1 is 1.33 bits per heavy atom. The highest BCUT2D eigenvalue weighted by molar-refractivity contribution is 6.05. The van der Waals surface area contributed by atoms with Gasteiger partial charge in [-0.2, -0.15) is 0 Å². The number of esters is 1. The molecule has 0 aromatic carbocycles. The molecule has 1 atom stereocenters. The zero-order valence-corrected chi connectivity index (χ0v) is 9.17. The second kappa shape index (κ2) is 4.55. The SMILES string of the molecule is CCOC(=O)C1(C)CCC(=O)CCC1=O. The van der Waals surface area contributed by atoms with Gasteiger partial charge in [0.2, 0.25) is 0 Å². The summed E-state index contributed by atoms with van der Waals surface area (Å²) in [6.07, 6.45) is 0.993. The minimum atomic E-state index is -1.11. The van der Waals surface area contributed by atoms with Crippen molar-refractivity contribution in [1.29, 1.82) is 0 Å². The summed E-state index contributed by atoms with van der Waals surface area (Å²) in [6, 6.07) is 0. The highest BCUT2D eigenvalue weighted by atomic mass is 16.5. The van der Waals surface area contributed by atoms with Crippen LogP contribution < -0.4 is 0 Å². The van der Waals surface area contributed by atoms with E-state index in [0.717, 1.165) is 0 Å². The van der Waals surface area contributed by atoms with Crippen molar-refractivity contribution in [3.8, 4) is 0 Å². The number of carbonyl (C=O) groups is 3. The Balaban J connectivity index is 2.84. The Hall–Kier alpha value is -1.19. The monoisotopic (exact) mass is 212 g/mol. The molecule has 0 spiro atoms. The molecule has 1 unspecified atom stereocenters. The molecule has 1 fully saturated rings. The van der Waals surface area contributed by atoms with Crippen LogP contribution in [0, 0.1) is 5.41 Å². The Labute approximate surface area is 89.0 Å². The van der Waals surface area contributed by atoms with Gasteiger partial charge in [-0.3, -0.25) is 14.4 Å². The fourth-order valence-electron chi connectivity index (χ4n) is 1.69. The summed E-state index contributed by atoms with van der Waals surface area (Å²) in [7, 11) is 0. The summed E-state index contributed by atoms with van der Waals surface area (Å²) in [5.41, 5.74) is -1.11. The van der Waals surface area contributed by atoms with Gasteiger partial charge in [0.25, 0.3) is 0 Å². The van der Waals surface area contributed by atoms with Gasteiger partial charge in [-0.1, -0.05) is 0 Å². The number of ketones is 2. The number of hydrogen-bond donors (Lipinski definition) is 0. The van der Waals surface area contributed by atoms with E-state index in [1.165, 1.54) is 0 Å². The topological polar surface area (TPSA) is 60.4 Å². The first-order valence-corrected chi connectivity index (χ1v) is 5.23. The molecule has 84 valence electrons. The van der Waals surface area contributed by atoms with Crippen LogP contribution in [0.2, 0.25) is 0 Å². The number of Topliss-reactive ketones (excluding diaryl/α,β-unsaturated/α-hetero) is 2. The molecule has 15 heavy (non-hydrogen) atoms. The lowest BCUT2D eigenvalue weighted by Crippen LogP contribution is -2.37. The zero-order valence-electron chi connectivity index (χ0n) is 9.17. The smallest absolute Gasteiger partial charge is 0.319 e. The standard InChI is InChI=1S/C11H16O4/c1-3-15-10(14)11(2)7-6-8(12)4-5-9(11)13/h3-7H2,1-2H3. The van der Waals surface area contributed by atoms with Crippen molar-refractivity contribution >= 4 is 17.5 Å². The normalized spacial score (nSPS) is 27.3. The van der Waals surface area contributed by atoms with E-state index in [0.29, 0.717) is 6.42 Å². The summed E-state index contributed by atoms with van der Waals surface area (Å²) in [4.78, 5) is 34.6. The third-order valence-corrected chi connectivity index (χ3v) is 2.88. The maximum atomic E-state index is 11.7. The molecule has 0 amide bonds. The Kier molecular flexibility index (Phi) is 3.61. The van der Waals surface area contributed by atoms with E-state index in [2.05, 4.69) is 0 Å². The highest BCUT2D eigenvalue weighted by Crippen LogP contribution is 2.31. The van der Waals surface area contributed by atoms with E-state index >= 15 is 0 Å². The number of ether oxygens (including phenoxy) is 1. The van der Waals surface area contributed by atoms with Crippen LogP contribution in [0.1, 0.15) is 39.5 Å². The molecule has 1 saturated carbocycles. The maximum absolute atomic E-state index is 11.7. The third-order valence-electron chi connectivity index (χ3n) is 2.88. The lowest BCUT2D eigenvalue weighted by Gasteiger charge is -2.23. The van der Waals surface area contributed by atoms with Crippen molar-refractivity contribution < 1.29 is 19.1 Å². The van der Waals surface area contributed by atoms with Crippen LogP contribution in [0.15, 0.2) is 0 Å². The largest absolute Gasteiger partial charge is 0.465 e. The van der Waals surface area contributed by atoms with Gasteiger partial charge in [0.1, 0.15) is 17.0 Å². The first kappa shape index (κ1) is 11.9. The zero-order chi connectivity index (χ0) is 11.5. The summed E-state index contributed by atoms with van der Waals surface area (Å²) in [6.45, 7) is 3.54. The fraction of sp³-hybridized carbons (Fsp3) is 0.727. The predicted molar refractivity (Wildman–Crippen MR) is 53.2 cm³/mol. The van der Waals surface area contributed by atoms with Crippen LogP contribution in [-0.2, 0) is 19.1 Å². The van der Waals surface area contributed by atoms with Crippen LogP contribution in [-0.4, -0.2) is 24.1 Å². The molecule has 0 bridgehead atoms. The van der Waals surface area contributed by atoms with Crippen molar-refractivity contribution in [1.82, 2.24) is 0 Å². The van der Waals surface area contributed by atoms with Gasteiger partial charge in [0, 0.05) is 19.3 Å². The minimum Gasteiger partial charge on any atom is -0.465 e. The van der Waals surface area contributed by atoms with Crippen LogP contribution in [0.3, 0.4) is 0 Å². The summed E-state index contributed by atoms with van der Waals surface area (Å²) >= 11 is 0. The van der Waals surface area contributed by atoms with E-state index in [-0.39, 0.29) is 37.4 Å². The summed E-state index contributed by atoms with van der Waals surface area (Å²) in [5.74, 6) is -0.618. The quantitative estimate of drug-likeness (QED) is 0.393. The summed E-state index contributed by atoms with van der Waals surface area (Å²) < 4.78 is 4.87. The molecule has 4 heteroatoms. The molecule has 4 nitrogen and oxygen atoms in total. The molecule has 0 saturated heterocycles. The van der Waals surface area contributed by atoms with Gasteiger partial charge in [0.15, 0.2) is 0 Å². The average Bonchev–Trinajstić information content (AvgIpc) is 2.33. The molecule has 1 aliphatic rings. The van der Waals surface area contributed by atoms with Crippen LogP contribution in [0.25, 0.3) is 0 Å². The van der Waals surface area contributed by atoms with Crippen molar-refractivity contribution in [2.24, 2.45) is 5.41 Å². The van der Waals surface area contributed by atoms with Gasteiger partial charge < -0.3 is 4.74 Å². The highest BCUT2D eigenvalue weighted by Gasteiger charge is 2.43. The van der Waals surface area contributed by atoms with Crippen molar-refractivity contribution in [3.05, 3.63) is 0 Å². The molecule has 0 heterocycles. The second-order valence-electron chi connectivity index (χ2n) is 4.01. The van der Waals surface area contributed by atoms with Crippen LogP contribution >= 0.6 is 0 Å². The van der Waals surface area contributed by atoms with Gasteiger partial charge in [-0.25, -0.2) is 0 Å². The summed E-state index contributed by atoms with van der Waals surface area (Å²) in [5, 5.41) is 0. The lowest BCUT2D eigenvalue weighted by molar-refractivity contribution is -0.159. The van der Waals surface area contributed by atoms with Gasteiger partial charge in [0.05, 0.1) is 6.61 Å². The Morgan fingerprint density at radius 3 is 2.60 bits per heavy atom. The van der Waals surface area contributed by atoms with E-state index in [4.69, 9.17) is 4.74 Å². The Morgan fingerprint density at radius 2 is 2.00 bits per heavy atom. The van der Waals surface area contributed by atoms with Crippen LogP contribution in [0.4, 0.5) is 0 Å². The lowest BCUT2D eigenvalue weighted by atomic mass is 9.81. The van der Waals surface area contributed by atoms with Gasteiger partial charge in [-0.15, -0.1) is 0 Å². The van der Waals surface area contributed by atoms with E-state index in [1.807, 2.05) is 0 Å². The van der Waals surface area contributed by atoms with E-state index in [9.17, 15) is 14.4 Å². The number of carbonyl (C=O) groups excluding carboxylic acids is 3. The number of rotatable bonds is 2. The molecule has 0 radical (unpaired) electrons. The molecule has 1 rings (SSSR count). The van der Waals surface area contributed by atoms with Crippen LogP contribution in [0.5, 0.6) is 0 Å². The Bertz CT molecular complexity index is 295. The van der Waals surface area contributed by atoms with E-state index in [1.54, 1.807) is 13.8 Å². The van der Waals surface area contributed by atoms with Crippen molar-refractivity contribution in [2.75, 3.05) is 6.61 Å². The third kappa shape index (κ3) is 2.43. The second-order valence-corrected chi connectivity index (χ2v) is 4.01. The average molecular weight is 212 g/mol. The molecule has 1 aliphatic carbocycles. The van der Waals surface area contributed by atoms with Crippen molar-refractivity contribution in [3.63, 3.8) is 0 Å². The number of hydrogen-bond acceptors (Lipinski definition) is 4. The maximum Gasteiger partial charge on any atom is 0.319 e. The van der Waals surface area contributed by atoms with E-state index < -0.39 is 11.4 Å². The molecule has 0 aromatic rings. The molecule has 0 aromatic heterocycles. The molecular weight excluding hydrogens is 196 g/mol. The molecular formula is C11H16O4. The first-order chi connectivity index (χ1) is 7.00. The molecule has 0 aliphatic heterocycles. The minimum absolute atomic E-state index is 0.0522. The van der Waals surface area contributed by atoms with Gasteiger partial charge in [-0.05, 0) is 20.3 Å². The first-order valence-electron chi connectivity index (χ1n) is 5.23. The molecule has 0 N–H and O–H groups in total. The fourth-order valence-corrected chi connectivity index (χ4v) is 1.69. The van der Waals surface area contributed by atoms with Crippen molar-refractivity contribution in [2.45, 2.75) is 39.5 Å². The predicted octanol–water partition coefficient (Wildman–Crippen LogP) is 1.27.